The largest absolute Gasteiger partial charge is 0.398 e. The summed E-state index contributed by atoms with van der Waals surface area (Å²) in [7, 11) is 0. The second-order valence-corrected chi connectivity index (χ2v) is 4.03. The molecular formula is C10H11NS. The number of hydrogen-bond acceptors (Lipinski definition) is 2. The number of nitrogens with two attached hydrogens (primary N) is 1. The predicted molar refractivity (Wildman–Crippen MR) is 55.7 cm³/mol. The molecule has 12 heavy (non-hydrogen) atoms. The number of nitrogen functional groups attached to an aromatic ring is 1. The van der Waals surface area contributed by atoms with Gasteiger partial charge in [0, 0.05) is 10.4 Å². The molecule has 0 aliphatic rings. The zero-order chi connectivity index (χ0) is 8.72. The minimum atomic E-state index is 0.893. The molecule has 0 radical (unpaired) electrons. The highest BCUT2D eigenvalue weighted by Gasteiger charge is 2.02. The summed E-state index contributed by atoms with van der Waals surface area (Å²) in [6, 6.07) is 4.22. The molecule has 62 valence electrons. The van der Waals surface area contributed by atoms with Gasteiger partial charge in [0.25, 0.3) is 0 Å². The molecule has 0 bridgehead atoms. The minimum absolute atomic E-state index is 0.893. The molecule has 0 saturated heterocycles. The molecule has 0 amide bonds. The maximum atomic E-state index is 5.80. The van der Waals surface area contributed by atoms with Crippen molar-refractivity contribution in [1.29, 1.82) is 0 Å². The summed E-state index contributed by atoms with van der Waals surface area (Å²) in [6.45, 7) is 4.18. The second kappa shape index (κ2) is 2.49. The molecule has 0 spiro atoms. The number of benzene rings is 1. The molecule has 2 aromatic rings. The summed E-state index contributed by atoms with van der Waals surface area (Å²) < 4.78 is 1.29. The van der Waals surface area contributed by atoms with E-state index in [1.165, 1.54) is 21.2 Å². The van der Waals surface area contributed by atoms with Crippen LogP contribution in [0.4, 0.5) is 5.69 Å². The fourth-order valence-electron chi connectivity index (χ4n) is 1.32. The van der Waals surface area contributed by atoms with E-state index in [2.05, 4.69) is 24.4 Å². The van der Waals surface area contributed by atoms with Gasteiger partial charge in [-0.1, -0.05) is 0 Å². The highest BCUT2D eigenvalue weighted by Crippen LogP contribution is 2.29. The Balaban J connectivity index is 2.87. The standard InChI is InChI=1S/C10H11NS/c1-6-3-8-7(2)5-12-10(8)4-9(6)11/h3-5H,11H2,1-2H3. The predicted octanol–water partition coefficient (Wildman–Crippen LogP) is 3.10. The summed E-state index contributed by atoms with van der Waals surface area (Å²) in [4.78, 5) is 0. The summed E-state index contributed by atoms with van der Waals surface area (Å²) in [5.74, 6) is 0. The summed E-state index contributed by atoms with van der Waals surface area (Å²) in [5, 5.41) is 3.51. The van der Waals surface area contributed by atoms with Crippen molar-refractivity contribution in [3.8, 4) is 0 Å². The molecule has 1 nitrogen and oxygen atoms in total. The first kappa shape index (κ1) is 7.62. The van der Waals surface area contributed by atoms with Crippen molar-refractivity contribution >= 4 is 27.1 Å². The van der Waals surface area contributed by atoms with E-state index in [0.29, 0.717) is 0 Å². The minimum Gasteiger partial charge on any atom is -0.398 e. The third-order valence-electron chi connectivity index (χ3n) is 2.16. The van der Waals surface area contributed by atoms with E-state index in [4.69, 9.17) is 5.73 Å². The Labute approximate surface area is 75.8 Å². The number of aryl methyl sites for hydroxylation is 2. The van der Waals surface area contributed by atoms with Crippen molar-refractivity contribution in [1.82, 2.24) is 0 Å². The first-order chi connectivity index (χ1) is 5.68. The van der Waals surface area contributed by atoms with Crippen LogP contribution in [0.25, 0.3) is 10.1 Å². The lowest BCUT2D eigenvalue weighted by Crippen LogP contribution is -1.87. The topological polar surface area (TPSA) is 26.0 Å². The van der Waals surface area contributed by atoms with E-state index in [1.807, 2.05) is 6.92 Å². The number of rotatable bonds is 0. The Hall–Kier alpha value is -1.02. The average molecular weight is 177 g/mol. The Kier molecular flexibility index (Phi) is 1.58. The molecule has 0 saturated carbocycles. The van der Waals surface area contributed by atoms with Gasteiger partial charge in [0.15, 0.2) is 0 Å². The molecule has 0 atom stereocenters. The first-order valence-electron chi connectivity index (χ1n) is 3.92. The lowest BCUT2D eigenvalue weighted by atomic mass is 10.1. The third-order valence-corrected chi connectivity index (χ3v) is 3.22. The van der Waals surface area contributed by atoms with Gasteiger partial charge in [0.05, 0.1) is 0 Å². The highest BCUT2D eigenvalue weighted by atomic mass is 32.1. The van der Waals surface area contributed by atoms with Gasteiger partial charge >= 0.3 is 0 Å². The number of hydrogen-bond donors (Lipinski definition) is 1. The fourth-order valence-corrected chi connectivity index (χ4v) is 2.30. The third kappa shape index (κ3) is 0.994. The van der Waals surface area contributed by atoms with Crippen LogP contribution < -0.4 is 5.73 Å². The normalized spacial score (nSPS) is 10.8. The molecule has 2 rings (SSSR count). The molecule has 2 heteroatoms. The van der Waals surface area contributed by atoms with Gasteiger partial charge in [-0.25, -0.2) is 0 Å². The zero-order valence-electron chi connectivity index (χ0n) is 7.22. The molecule has 1 aromatic carbocycles. The van der Waals surface area contributed by atoms with Gasteiger partial charge in [-0.05, 0) is 47.9 Å². The van der Waals surface area contributed by atoms with Crippen LogP contribution in [0.1, 0.15) is 11.1 Å². The van der Waals surface area contributed by atoms with Gasteiger partial charge < -0.3 is 5.73 Å². The molecule has 0 aliphatic heterocycles. The van der Waals surface area contributed by atoms with Gasteiger partial charge in [-0.2, -0.15) is 0 Å². The molecular weight excluding hydrogens is 166 g/mol. The van der Waals surface area contributed by atoms with E-state index in [-0.39, 0.29) is 0 Å². The smallest absolute Gasteiger partial charge is 0.0366 e. The van der Waals surface area contributed by atoms with Crippen LogP contribution in [0, 0.1) is 13.8 Å². The summed E-state index contributed by atoms with van der Waals surface area (Å²) in [5.41, 5.74) is 9.21. The quantitative estimate of drug-likeness (QED) is 0.615. The van der Waals surface area contributed by atoms with Crippen LogP contribution in [-0.2, 0) is 0 Å². The van der Waals surface area contributed by atoms with Crippen LogP contribution >= 0.6 is 11.3 Å². The lowest BCUT2D eigenvalue weighted by Gasteiger charge is -1.99. The molecule has 1 heterocycles. The number of fused-ring (bicyclic) bond motifs is 1. The van der Waals surface area contributed by atoms with Crippen LogP contribution in [0.2, 0.25) is 0 Å². The van der Waals surface area contributed by atoms with Gasteiger partial charge in [-0.15, -0.1) is 11.3 Å². The Morgan fingerprint density at radius 3 is 2.67 bits per heavy atom. The zero-order valence-corrected chi connectivity index (χ0v) is 8.03. The molecule has 2 N–H and O–H groups in total. The summed E-state index contributed by atoms with van der Waals surface area (Å²) in [6.07, 6.45) is 0. The Morgan fingerprint density at radius 2 is 1.92 bits per heavy atom. The lowest BCUT2D eigenvalue weighted by molar-refractivity contribution is 1.49. The SMILES string of the molecule is Cc1cc2c(C)csc2cc1N. The van der Waals surface area contributed by atoms with E-state index in [9.17, 15) is 0 Å². The molecule has 0 aliphatic carbocycles. The average Bonchev–Trinajstić information content (AvgIpc) is 2.35. The van der Waals surface area contributed by atoms with Crippen molar-refractivity contribution in [2.75, 3.05) is 5.73 Å². The van der Waals surface area contributed by atoms with Gasteiger partial charge in [0.2, 0.25) is 0 Å². The number of thiophene rings is 1. The molecule has 1 aromatic heterocycles. The van der Waals surface area contributed by atoms with Crippen LogP contribution in [0.5, 0.6) is 0 Å². The second-order valence-electron chi connectivity index (χ2n) is 3.12. The Morgan fingerprint density at radius 1 is 1.17 bits per heavy atom. The van der Waals surface area contributed by atoms with Crippen LogP contribution in [0.15, 0.2) is 17.5 Å². The van der Waals surface area contributed by atoms with Gasteiger partial charge in [0.1, 0.15) is 0 Å². The van der Waals surface area contributed by atoms with E-state index >= 15 is 0 Å². The monoisotopic (exact) mass is 177 g/mol. The maximum Gasteiger partial charge on any atom is 0.0366 e. The number of anilines is 1. The molecule has 0 fully saturated rings. The summed E-state index contributed by atoms with van der Waals surface area (Å²) >= 11 is 1.76. The first-order valence-corrected chi connectivity index (χ1v) is 4.80. The van der Waals surface area contributed by atoms with E-state index in [0.717, 1.165) is 5.69 Å². The van der Waals surface area contributed by atoms with Crippen molar-refractivity contribution in [2.45, 2.75) is 13.8 Å². The highest BCUT2D eigenvalue weighted by molar-refractivity contribution is 7.17. The molecule has 0 unspecified atom stereocenters. The van der Waals surface area contributed by atoms with Crippen LogP contribution in [-0.4, -0.2) is 0 Å². The van der Waals surface area contributed by atoms with Crippen molar-refractivity contribution in [2.24, 2.45) is 0 Å². The van der Waals surface area contributed by atoms with Crippen LogP contribution in [0.3, 0.4) is 0 Å². The van der Waals surface area contributed by atoms with Crippen molar-refractivity contribution in [3.63, 3.8) is 0 Å². The van der Waals surface area contributed by atoms with E-state index < -0.39 is 0 Å². The maximum absolute atomic E-state index is 5.80. The fraction of sp³-hybridized carbons (Fsp3) is 0.200. The van der Waals surface area contributed by atoms with Crippen molar-refractivity contribution in [3.05, 3.63) is 28.6 Å². The van der Waals surface area contributed by atoms with Gasteiger partial charge in [-0.3, -0.25) is 0 Å². The van der Waals surface area contributed by atoms with Crippen molar-refractivity contribution < 1.29 is 0 Å². The Bertz CT molecular complexity index is 429. The van der Waals surface area contributed by atoms with E-state index in [1.54, 1.807) is 11.3 Å².